The van der Waals surface area contributed by atoms with Crippen molar-refractivity contribution in [3.05, 3.63) is 0 Å². The number of carbonyl (C=O) groups excluding carboxylic acids is 3. The van der Waals surface area contributed by atoms with Crippen LogP contribution in [0.2, 0.25) is 0 Å². The number of nitrogens with two attached hydrogens (primary N) is 1. The third-order valence-corrected chi connectivity index (χ3v) is 7.15. The third kappa shape index (κ3) is 24.2. The molecule has 0 spiro atoms. The highest BCUT2D eigenvalue weighted by atomic mass is 16.6. The summed E-state index contributed by atoms with van der Waals surface area (Å²) in [5.74, 6) is -0.280. The topological polar surface area (TPSA) is 111 Å². The number of amides is 2. The van der Waals surface area contributed by atoms with E-state index in [4.69, 9.17) is 10.5 Å². The Morgan fingerprint density at radius 1 is 0.725 bits per heavy atom. The summed E-state index contributed by atoms with van der Waals surface area (Å²) in [5.41, 5.74) is 5.42. The Morgan fingerprint density at radius 3 is 1.70 bits per heavy atom. The standard InChI is InChI=1S/C33H65N3O4/c1-7-8-9-10-11-12-13-14-15-16-17-18-19-20-26-35-31(38)29(36-30(37)25-24-27(2)3)23-21-22-28(34)32(39)40-33(4,5)6/h27-29H,7-26,34H2,1-6H3,(H,35,38)(H,36,37)/t28?,29-/m0/s1. The number of hydrogen-bond acceptors (Lipinski definition) is 5. The molecule has 40 heavy (non-hydrogen) atoms. The van der Waals surface area contributed by atoms with Crippen molar-refractivity contribution in [3.8, 4) is 0 Å². The Labute approximate surface area is 246 Å². The zero-order chi connectivity index (χ0) is 30.2. The summed E-state index contributed by atoms with van der Waals surface area (Å²) in [6.45, 7) is 12.5. The van der Waals surface area contributed by atoms with Crippen LogP contribution in [0.5, 0.6) is 0 Å². The summed E-state index contributed by atoms with van der Waals surface area (Å²) in [7, 11) is 0. The van der Waals surface area contributed by atoms with Gasteiger partial charge in [0.1, 0.15) is 17.7 Å². The molecule has 7 nitrogen and oxygen atoms in total. The summed E-state index contributed by atoms with van der Waals surface area (Å²) in [4.78, 5) is 37.5. The molecule has 0 aromatic heterocycles. The van der Waals surface area contributed by atoms with E-state index >= 15 is 0 Å². The lowest BCUT2D eigenvalue weighted by molar-refractivity contribution is -0.156. The number of esters is 1. The molecule has 0 fully saturated rings. The SMILES string of the molecule is CCCCCCCCCCCCCCCCNC(=O)[C@H](CCCC(N)C(=O)OC(C)(C)C)NC(=O)CCC(C)C. The van der Waals surface area contributed by atoms with Crippen LogP contribution in [0.4, 0.5) is 0 Å². The zero-order valence-electron chi connectivity index (χ0n) is 27.1. The lowest BCUT2D eigenvalue weighted by atomic mass is 10.0. The average Bonchev–Trinajstić information content (AvgIpc) is 2.87. The van der Waals surface area contributed by atoms with Crippen molar-refractivity contribution in [1.82, 2.24) is 10.6 Å². The molecule has 0 saturated carbocycles. The van der Waals surface area contributed by atoms with E-state index in [1.54, 1.807) is 0 Å². The molecule has 0 aliphatic carbocycles. The number of carbonyl (C=O) groups is 3. The van der Waals surface area contributed by atoms with E-state index in [1.807, 2.05) is 20.8 Å². The Morgan fingerprint density at radius 2 is 1.23 bits per heavy atom. The molecule has 2 atom stereocenters. The molecule has 0 heterocycles. The summed E-state index contributed by atoms with van der Waals surface area (Å²) >= 11 is 0. The molecular formula is C33H65N3O4. The highest BCUT2D eigenvalue weighted by Gasteiger charge is 2.24. The van der Waals surface area contributed by atoms with Crippen LogP contribution in [0.1, 0.15) is 164 Å². The van der Waals surface area contributed by atoms with E-state index in [1.165, 1.54) is 77.0 Å². The number of unbranched alkanes of at least 4 members (excludes halogenated alkanes) is 13. The fourth-order valence-corrected chi connectivity index (χ4v) is 4.65. The van der Waals surface area contributed by atoms with Crippen LogP contribution in [0.3, 0.4) is 0 Å². The smallest absolute Gasteiger partial charge is 0.323 e. The van der Waals surface area contributed by atoms with Gasteiger partial charge >= 0.3 is 5.97 Å². The van der Waals surface area contributed by atoms with Gasteiger partial charge in [-0.2, -0.15) is 0 Å². The maximum absolute atomic E-state index is 12.9. The fourth-order valence-electron chi connectivity index (χ4n) is 4.65. The van der Waals surface area contributed by atoms with Gasteiger partial charge in [-0.1, -0.05) is 104 Å². The van der Waals surface area contributed by atoms with E-state index in [2.05, 4.69) is 31.4 Å². The Hall–Kier alpha value is -1.63. The van der Waals surface area contributed by atoms with Crippen molar-refractivity contribution >= 4 is 17.8 Å². The highest BCUT2D eigenvalue weighted by molar-refractivity contribution is 5.87. The summed E-state index contributed by atoms with van der Waals surface area (Å²) in [5, 5.41) is 5.92. The molecule has 4 N–H and O–H groups in total. The molecule has 0 bridgehead atoms. The van der Waals surface area contributed by atoms with E-state index in [0.717, 1.165) is 19.3 Å². The van der Waals surface area contributed by atoms with Crippen LogP contribution >= 0.6 is 0 Å². The fraction of sp³-hybridized carbons (Fsp3) is 0.909. The first-order valence-electron chi connectivity index (χ1n) is 16.5. The summed E-state index contributed by atoms with van der Waals surface area (Å²) < 4.78 is 5.35. The molecule has 236 valence electrons. The van der Waals surface area contributed by atoms with Crippen molar-refractivity contribution < 1.29 is 19.1 Å². The predicted octanol–water partition coefficient (Wildman–Crippen LogP) is 7.34. The second-order valence-corrected chi connectivity index (χ2v) is 13.0. The van der Waals surface area contributed by atoms with E-state index in [-0.39, 0.29) is 11.8 Å². The molecule has 1 unspecified atom stereocenters. The monoisotopic (exact) mass is 567 g/mol. The minimum absolute atomic E-state index is 0.109. The molecule has 0 radical (unpaired) electrons. The van der Waals surface area contributed by atoms with Gasteiger partial charge in [-0.15, -0.1) is 0 Å². The average molecular weight is 568 g/mol. The molecule has 0 aromatic rings. The summed E-state index contributed by atoms with van der Waals surface area (Å²) in [6, 6.07) is -1.35. The first-order valence-corrected chi connectivity index (χ1v) is 16.5. The normalized spacial score (nSPS) is 13.2. The van der Waals surface area contributed by atoms with Crippen molar-refractivity contribution in [2.45, 2.75) is 181 Å². The van der Waals surface area contributed by atoms with Crippen LogP contribution < -0.4 is 16.4 Å². The second kappa shape index (κ2) is 24.0. The van der Waals surface area contributed by atoms with Gasteiger partial charge in [-0.05, 0) is 58.8 Å². The van der Waals surface area contributed by atoms with Crippen molar-refractivity contribution in [3.63, 3.8) is 0 Å². The van der Waals surface area contributed by atoms with Gasteiger partial charge in [-0.25, -0.2) is 0 Å². The van der Waals surface area contributed by atoms with E-state index in [0.29, 0.717) is 38.1 Å². The van der Waals surface area contributed by atoms with Crippen LogP contribution in [0.15, 0.2) is 0 Å². The Balaban J connectivity index is 4.25. The maximum atomic E-state index is 12.9. The van der Waals surface area contributed by atoms with Crippen molar-refractivity contribution in [2.75, 3.05) is 6.54 Å². The summed E-state index contributed by atoms with van der Waals surface area (Å²) in [6.07, 6.45) is 20.7. The maximum Gasteiger partial charge on any atom is 0.323 e. The molecule has 0 aromatic carbocycles. The Kier molecular flexibility index (Phi) is 23.0. The quantitative estimate of drug-likeness (QED) is 0.0789. The predicted molar refractivity (Wildman–Crippen MR) is 167 cm³/mol. The van der Waals surface area contributed by atoms with Gasteiger partial charge in [0, 0.05) is 13.0 Å². The molecule has 0 aliphatic heterocycles. The van der Waals surface area contributed by atoms with Crippen molar-refractivity contribution in [1.29, 1.82) is 0 Å². The minimum atomic E-state index is -0.741. The zero-order valence-corrected chi connectivity index (χ0v) is 27.1. The minimum Gasteiger partial charge on any atom is -0.459 e. The highest BCUT2D eigenvalue weighted by Crippen LogP contribution is 2.14. The van der Waals surface area contributed by atoms with Gasteiger partial charge in [0.05, 0.1) is 0 Å². The molecular weight excluding hydrogens is 502 g/mol. The van der Waals surface area contributed by atoms with Gasteiger partial charge < -0.3 is 21.1 Å². The number of rotatable bonds is 25. The van der Waals surface area contributed by atoms with Crippen LogP contribution in [-0.4, -0.2) is 42.0 Å². The molecule has 0 rings (SSSR count). The number of hydrogen-bond donors (Lipinski definition) is 3. The van der Waals surface area contributed by atoms with E-state index < -0.39 is 23.7 Å². The van der Waals surface area contributed by atoms with Crippen LogP contribution in [0, 0.1) is 5.92 Å². The van der Waals surface area contributed by atoms with Gasteiger partial charge in [0.15, 0.2) is 0 Å². The Bertz CT molecular complexity index is 661. The third-order valence-electron chi connectivity index (χ3n) is 7.15. The lowest BCUT2D eigenvalue weighted by Crippen LogP contribution is -2.47. The largest absolute Gasteiger partial charge is 0.459 e. The van der Waals surface area contributed by atoms with Gasteiger partial charge in [0.2, 0.25) is 11.8 Å². The number of ether oxygens (including phenoxy) is 1. The first-order chi connectivity index (χ1) is 19.0. The molecule has 7 heteroatoms. The number of nitrogens with one attached hydrogen (secondary N) is 2. The van der Waals surface area contributed by atoms with Crippen LogP contribution in [-0.2, 0) is 19.1 Å². The first kappa shape index (κ1) is 38.4. The van der Waals surface area contributed by atoms with Gasteiger partial charge in [-0.3, -0.25) is 14.4 Å². The molecule has 2 amide bonds. The molecule has 0 saturated heterocycles. The van der Waals surface area contributed by atoms with Crippen molar-refractivity contribution in [2.24, 2.45) is 11.7 Å². The molecule has 0 aliphatic rings. The van der Waals surface area contributed by atoms with E-state index in [9.17, 15) is 14.4 Å². The van der Waals surface area contributed by atoms with Crippen LogP contribution in [0.25, 0.3) is 0 Å². The lowest BCUT2D eigenvalue weighted by Gasteiger charge is -2.23. The second-order valence-electron chi connectivity index (χ2n) is 13.0. The van der Waals surface area contributed by atoms with Gasteiger partial charge in [0.25, 0.3) is 0 Å².